The molecule has 7 nitrogen and oxygen atoms in total. The van der Waals surface area contributed by atoms with E-state index in [9.17, 15) is 10.2 Å². The van der Waals surface area contributed by atoms with Gasteiger partial charge in [-0.1, -0.05) is 19.9 Å². The molecule has 0 spiro atoms. The van der Waals surface area contributed by atoms with Crippen molar-refractivity contribution in [2.75, 3.05) is 47.1 Å². The summed E-state index contributed by atoms with van der Waals surface area (Å²) in [7, 11) is 3.33. The minimum absolute atomic E-state index is 0. The van der Waals surface area contributed by atoms with Crippen LogP contribution in [0, 0.1) is 11.8 Å². The molecule has 0 aliphatic carbocycles. The van der Waals surface area contributed by atoms with Crippen molar-refractivity contribution in [3.05, 3.63) is 23.8 Å². The smallest absolute Gasteiger partial charge is 0.161 e. The fourth-order valence-electron chi connectivity index (χ4n) is 4.12. The topological polar surface area (TPSA) is 97.4 Å². The summed E-state index contributed by atoms with van der Waals surface area (Å²) in [5.41, 5.74) is 7.57. The maximum atomic E-state index is 10.6. The quantitative estimate of drug-likeness (QED) is 0.331. The highest BCUT2D eigenvalue weighted by molar-refractivity contribution is 5.85. The molecule has 0 saturated carbocycles. The van der Waals surface area contributed by atoms with Gasteiger partial charge in [-0.15, -0.1) is 24.8 Å². The number of aliphatic hydroxyl groups excluding tert-OH is 2. The number of benzene rings is 1. The molecule has 2 rings (SSSR count). The van der Waals surface area contributed by atoms with E-state index in [-0.39, 0.29) is 37.0 Å². The molecule has 33 heavy (non-hydrogen) atoms. The molecule has 194 valence electrons. The van der Waals surface area contributed by atoms with Crippen LogP contribution in [0.2, 0.25) is 0 Å². The Balaban J connectivity index is 0.00000512. The lowest BCUT2D eigenvalue weighted by Crippen LogP contribution is -2.44. The van der Waals surface area contributed by atoms with Gasteiger partial charge in [-0.05, 0) is 48.8 Å². The SMILES string of the molecule is COCCCOc1cc(C[C@@H](C[C@H](N)[C@@H](O)CN2CC[C@@H](O)C2)C(C)C)ccc1OC.Cl.Cl. The van der Waals surface area contributed by atoms with E-state index in [4.69, 9.17) is 19.9 Å². The van der Waals surface area contributed by atoms with Crippen molar-refractivity contribution in [3.8, 4) is 11.5 Å². The molecule has 1 heterocycles. The summed E-state index contributed by atoms with van der Waals surface area (Å²) < 4.78 is 16.4. The molecular weight excluding hydrogens is 467 g/mol. The Morgan fingerprint density at radius 2 is 1.88 bits per heavy atom. The van der Waals surface area contributed by atoms with E-state index < -0.39 is 6.10 Å². The zero-order chi connectivity index (χ0) is 22.8. The maximum Gasteiger partial charge on any atom is 0.161 e. The van der Waals surface area contributed by atoms with E-state index in [0.29, 0.717) is 38.1 Å². The van der Waals surface area contributed by atoms with E-state index in [1.165, 1.54) is 5.56 Å². The lowest BCUT2D eigenvalue weighted by molar-refractivity contribution is 0.0823. The molecule has 4 atom stereocenters. The Hall–Kier alpha value is -0.800. The van der Waals surface area contributed by atoms with Gasteiger partial charge in [-0.3, -0.25) is 4.90 Å². The summed E-state index contributed by atoms with van der Waals surface area (Å²) in [6.45, 7) is 7.59. The second kappa shape index (κ2) is 16.8. The van der Waals surface area contributed by atoms with Crippen molar-refractivity contribution in [2.24, 2.45) is 17.6 Å². The highest BCUT2D eigenvalue weighted by Crippen LogP contribution is 2.31. The number of nitrogens with two attached hydrogens (primary N) is 1. The van der Waals surface area contributed by atoms with Crippen LogP contribution in [0.3, 0.4) is 0 Å². The first-order chi connectivity index (χ1) is 14.8. The zero-order valence-corrected chi connectivity index (χ0v) is 22.1. The number of hydrogen-bond acceptors (Lipinski definition) is 7. The number of rotatable bonds is 14. The minimum atomic E-state index is -0.595. The van der Waals surface area contributed by atoms with Crippen LogP contribution in [0.4, 0.5) is 0 Å². The molecular formula is C24H44Cl2N2O5. The third kappa shape index (κ3) is 11.0. The summed E-state index contributed by atoms with van der Waals surface area (Å²) in [6, 6.07) is 5.78. The molecule has 1 saturated heterocycles. The molecule has 1 aliphatic heterocycles. The predicted octanol–water partition coefficient (Wildman–Crippen LogP) is 2.91. The predicted molar refractivity (Wildman–Crippen MR) is 137 cm³/mol. The van der Waals surface area contributed by atoms with Crippen molar-refractivity contribution in [1.82, 2.24) is 4.90 Å². The van der Waals surface area contributed by atoms with Gasteiger partial charge in [0, 0.05) is 45.8 Å². The summed E-state index contributed by atoms with van der Waals surface area (Å²) in [4.78, 5) is 2.09. The Morgan fingerprint density at radius 3 is 2.45 bits per heavy atom. The van der Waals surface area contributed by atoms with E-state index in [0.717, 1.165) is 43.7 Å². The number of methoxy groups -OCH3 is 2. The summed E-state index contributed by atoms with van der Waals surface area (Å²) in [5, 5.41) is 20.3. The van der Waals surface area contributed by atoms with Crippen molar-refractivity contribution in [3.63, 3.8) is 0 Å². The van der Waals surface area contributed by atoms with E-state index in [1.54, 1.807) is 14.2 Å². The Bertz CT molecular complexity index is 653. The number of nitrogens with zero attached hydrogens (tertiary/aromatic N) is 1. The molecule has 1 aromatic carbocycles. The van der Waals surface area contributed by atoms with Gasteiger partial charge in [-0.25, -0.2) is 0 Å². The maximum absolute atomic E-state index is 10.6. The zero-order valence-electron chi connectivity index (χ0n) is 20.4. The van der Waals surface area contributed by atoms with E-state index in [1.807, 2.05) is 6.07 Å². The molecule has 4 N–H and O–H groups in total. The van der Waals surface area contributed by atoms with Gasteiger partial charge in [0.1, 0.15) is 0 Å². The monoisotopic (exact) mass is 510 g/mol. The molecule has 0 aromatic heterocycles. The van der Waals surface area contributed by atoms with Crippen molar-refractivity contribution < 1.29 is 24.4 Å². The van der Waals surface area contributed by atoms with Gasteiger partial charge in [0.15, 0.2) is 11.5 Å². The van der Waals surface area contributed by atoms with Crippen LogP contribution in [0.15, 0.2) is 18.2 Å². The highest BCUT2D eigenvalue weighted by Gasteiger charge is 2.27. The van der Waals surface area contributed by atoms with Gasteiger partial charge in [0.2, 0.25) is 0 Å². The average molecular weight is 512 g/mol. The third-order valence-corrected chi connectivity index (χ3v) is 6.18. The Labute approximate surface area is 211 Å². The van der Waals surface area contributed by atoms with Crippen LogP contribution in [0.5, 0.6) is 11.5 Å². The van der Waals surface area contributed by atoms with Crippen LogP contribution in [0.25, 0.3) is 0 Å². The summed E-state index contributed by atoms with van der Waals surface area (Å²) in [6.07, 6.45) is 2.31. The van der Waals surface area contributed by atoms with Crippen LogP contribution < -0.4 is 15.2 Å². The van der Waals surface area contributed by atoms with Crippen LogP contribution >= 0.6 is 24.8 Å². The molecule has 1 fully saturated rings. The average Bonchev–Trinajstić information content (AvgIpc) is 3.15. The summed E-state index contributed by atoms with van der Waals surface area (Å²) >= 11 is 0. The molecule has 0 unspecified atom stereocenters. The second-order valence-electron chi connectivity index (χ2n) is 9.06. The Kier molecular flexibility index (Phi) is 16.4. The first-order valence-electron chi connectivity index (χ1n) is 11.5. The van der Waals surface area contributed by atoms with Crippen LogP contribution in [0.1, 0.15) is 38.7 Å². The largest absolute Gasteiger partial charge is 0.493 e. The van der Waals surface area contributed by atoms with Crippen molar-refractivity contribution in [1.29, 1.82) is 0 Å². The van der Waals surface area contributed by atoms with E-state index >= 15 is 0 Å². The first-order valence-corrected chi connectivity index (χ1v) is 11.5. The number of β-amino-alcohol motifs (C(OH)–C–C–N with tert-alkyl or cyclic N) is 2. The molecule has 1 aromatic rings. The van der Waals surface area contributed by atoms with Gasteiger partial charge < -0.3 is 30.2 Å². The van der Waals surface area contributed by atoms with Crippen molar-refractivity contribution >= 4 is 24.8 Å². The van der Waals surface area contributed by atoms with Gasteiger partial charge in [-0.2, -0.15) is 0 Å². The first kappa shape index (κ1) is 32.2. The van der Waals surface area contributed by atoms with E-state index in [2.05, 4.69) is 30.9 Å². The van der Waals surface area contributed by atoms with Gasteiger partial charge in [0.05, 0.1) is 25.9 Å². The van der Waals surface area contributed by atoms with Gasteiger partial charge in [0.25, 0.3) is 0 Å². The van der Waals surface area contributed by atoms with Gasteiger partial charge >= 0.3 is 0 Å². The summed E-state index contributed by atoms with van der Waals surface area (Å²) in [5.74, 6) is 2.24. The molecule has 0 amide bonds. The number of hydrogen-bond donors (Lipinski definition) is 3. The molecule has 1 aliphatic rings. The lowest BCUT2D eigenvalue weighted by atomic mass is 9.83. The van der Waals surface area contributed by atoms with Crippen molar-refractivity contribution in [2.45, 2.75) is 57.8 Å². The minimum Gasteiger partial charge on any atom is -0.493 e. The molecule has 0 bridgehead atoms. The van der Waals surface area contributed by atoms with Crippen LogP contribution in [-0.2, 0) is 11.2 Å². The number of likely N-dealkylation sites (tertiary alicyclic amines) is 1. The standard InChI is InChI=1S/C24H42N2O5.2ClH/c1-17(2)19(14-21(25)22(28)16-26-9-8-20(27)15-26)12-18-6-7-23(30-4)24(13-18)31-11-5-10-29-3;;/h6-7,13,17,19-22,27-28H,5,8-12,14-16,25H2,1-4H3;2*1H/t19-,20+,21-,22-;;/m0../s1. The molecule has 0 radical (unpaired) electrons. The fourth-order valence-corrected chi connectivity index (χ4v) is 4.12. The second-order valence-corrected chi connectivity index (χ2v) is 9.06. The number of ether oxygens (including phenoxy) is 3. The highest BCUT2D eigenvalue weighted by atomic mass is 35.5. The third-order valence-electron chi connectivity index (χ3n) is 6.18. The fraction of sp³-hybridized carbons (Fsp3) is 0.750. The normalized spacial score (nSPS) is 18.8. The molecule has 9 heteroatoms. The Morgan fingerprint density at radius 1 is 1.15 bits per heavy atom. The lowest BCUT2D eigenvalue weighted by Gasteiger charge is -2.29. The number of aliphatic hydroxyl groups is 2. The van der Waals surface area contributed by atoms with Crippen LogP contribution in [-0.4, -0.2) is 80.4 Å². The number of halogens is 2.